The first-order chi connectivity index (χ1) is 43.2. The van der Waals surface area contributed by atoms with Crippen LogP contribution in [0.25, 0.3) is 0 Å². The lowest BCUT2D eigenvalue weighted by atomic mass is 10.0. The lowest BCUT2D eigenvalue weighted by Crippen LogP contribution is -2.30. The molecular weight excluding hydrogens is 1170 g/mol. The van der Waals surface area contributed by atoms with Gasteiger partial charge >= 0.3 is 39.5 Å². The number of carbonyl (C=O) groups excluding carboxylic acids is 4. The third-order valence-corrected chi connectivity index (χ3v) is 18.3. The predicted octanol–water partition coefficient (Wildman–Crippen LogP) is 20.3. The Hall–Kier alpha value is -1.94. The van der Waals surface area contributed by atoms with Crippen LogP contribution in [0.3, 0.4) is 0 Å². The summed E-state index contributed by atoms with van der Waals surface area (Å²) in [4.78, 5) is 72.4. The zero-order chi connectivity index (χ0) is 65.4. The summed E-state index contributed by atoms with van der Waals surface area (Å²) in [6.45, 7) is 4.92. The molecule has 0 aromatic rings. The van der Waals surface area contributed by atoms with E-state index in [2.05, 4.69) is 27.7 Å². The fourth-order valence-electron chi connectivity index (χ4n) is 10.7. The maximum absolute atomic E-state index is 13.0. The van der Waals surface area contributed by atoms with Crippen molar-refractivity contribution < 1.29 is 80.2 Å². The fourth-order valence-corrected chi connectivity index (χ4v) is 12.3. The van der Waals surface area contributed by atoms with Crippen molar-refractivity contribution in [3.8, 4) is 0 Å². The number of rotatable bonds is 71. The van der Waals surface area contributed by atoms with Gasteiger partial charge in [0.1, 0.15) is 19.3 Å². The molecule has 2 unspecified atom stereocenters. The van der Waals surface area contributed by atoms with Crippen LogP contribution in [0.1, 0.15) is 368 Å². The number of hydrogen-bond donors (Lipinski definition) is 3. The van der Waals surface area contributed by atoms with Gasteiger partial charge in [0.05, 0.1) is 26.4 Å². The molecule has 0 aliphatic rings. The van der Waals surface area contributed by atoms with E-state index in [4.69, 9.17) is 37.0 Å². The van der Waals surface area contributed by atoms with Crippen molar-refractivity contribution >= 4 is 39.5 Å². The minimum Gasteiger partial charge on any atom is -0.462 e. The molecule has 0 amide bonds. The van der Waals surface area contributed by atoms with Crippen molar-refractivity contribution in [3.63, 3.8) is 0 Å². The smallest absolute Gasteiger partial charge is 0.462 e. The van der Waals surface area contributed by atoms with Crippen LogP contribution in [-0.4, -0.2) is 96.7 Å². The van der Waals surface area contributed by atoms with Gasteiger partial charge in [0.2, 0.25) is 0 Å². The van der Waals surface area contributed by atoms with Crippen LogP contribution in [0.5, 0.6) is 0 Å². The van der Waals surface area contributed by atoms with Gasteiger partial charge < -0.3 is 33.8 Å². The van der Waals surface area contributed by atoms with E-state index < -0.39 is 97.5 Å². The average Bonchev–Trinajstić information content (AvgIpc) is 3.57. The largest absolute Gasteiger partial charge is 0.472 e. The summed E-state index contributed by atoms with van der Waals surface area (Å²) in [5, 5.41) is 10.6. The van der Waals surface area contributed by atoms with Crippen molar-refractivity contribution in [1.29, 1.82) is 0 Å². The summed E-state index contributed by atoms with van der Waals surface area (Å²) >= 11 is 0. The number of carbonyl (C=O) groups is 4. The average molecular weight is 1310 g/mol. The number of hydrogen-bond acceptors (Lipinski definition) is 15. The molecule has 0 spiro atoms. The van der Waals surface area contributed by atoms with E-state index in [1.54, 1.807) is 0 Å². The Bertz CT molecular complexity index is 1710. The summed E-state index contributed by atoms with van der Waals surface area (Å²) in [6, 6.07) is 0. The molecule has 5 atom stereocenters. The molecule has 0 aromatic carbocycles. The molecule has 0 radical (unpaired) electrons. The number of ether oxygens (including phenoxy) is 4. The molecule has 0 fully saturated rings. The quantitative estimate of drug-likeness (QED) is 0.0222. The van der Waals surface area contributed by atoms with Crippen LogP contribution >= 0.6 is 15.6 Å². The minimum atomic E-state index is -4.95. The van der Waals surface area contributed by atoms with Gasteiger partial charge in [-0.1, -0.05) is 317 Å². The highest BCUT2D eigenvalue weighted by Crippen LogP contribution is 2.45. The molecule has 89 heavy (non-hydrogen) atoms. The van der Waals surface area contributed by atoms with Gasteiger partial charge in [-0.3, -0.25) is 37.3 Å². The number of aliphatic hydroxyl groups excluding tert-OH is 1. The first kappa shape index (κ1) is 87.1. The van der Waals surface area contributed by atoms with Crippen molar-refractivity contribution in [3.05, 3.63) is 0 Å². The fraction of sp³-hybridized carbons (Fsp3) is 0.943. The van der Waals surface area contributed by atoms with Gasteiger partial charge in [-0.05, 0) is 25.7 Å². The molecule has 0 bridgehead atoms. The summed E-state index contributed by atoms with van der Waals surface area (Å²) in [6.07, 6.45) is 52.7. The van der Waals surface area contributed by atoms with Gasteiger partial charge in [-0.15, -0.1) is 0 Å². The summed E-state index contributed by atoms with van der Waals surface area (Å²) in [5.41, 5.74) is 0. The molecule has 0 heterocycles. The Kier molecular flexibility index (Phi) is 63.3. The monoisotopic (exact) mass is 1310 g/mol. The van der Waals surface area contributed by atoms with Gasteiger partial charge in [0.25, 0.3) is 0 Å². The second kappa shape index (κ2) is 64.8. The second-order valence-electron chi connectivity index (χ2n) is 25.3. The topological polar surface area (TPSA) is 237 Å². The zero-order valence-electron chi connectivity index (χ0n) is 57.4. The van der Waals surface area contributed by atoms with Crippen molar-refractivity contribution in [2.75, 3.05) is 39.6 Å². The van der Waals surface area contributed by atoms with Gasteiger partial charge in [-0.25, -0.2) is 9.13 Å². The zero-order valence-corrected chi connectivity index (χ0v) is 59.2. The van der Waals surface area contributed by atoms with E-state index in [1.165, 1.54) is 186 Å². The third kappa shape index (κ3) is 64.6. The van der Waals surface area contributed by atoms with E-state index in [0.717, 1.165) is 103 Å². The van der Waals surface area contributed by atoms with E-state index >= 15 is 0 Å². The summed E-state index contributed by atoms with van der Waals surface area (Å²) in [5.74, 6) is -2.12. The van der Waals surface area contributed by atoms with Gasteiger partial charge in [0.15, 0.2) is 12.2 Å². The number of phosphoric ester groups is 2. The molecule has 0 rings (SSSR count). The standard InChI is InChI=1S/C70H136O17P2/c1-5-9-13-17-21-24-27-30-32-35-38-41-45-49-53-57-70(75)87-66(61-81-68(73)55-51-47-43-39-36-34-31-28-25-22-18-14-10-6-2)63-85-89(78,79)83-59-64(71)58-82-88(76,77)84-62-65(60-80-67(72)54-50-46-42-20-16-12-8-4)86-69(74)56-52-48-44-40-37-33-29-26-23-19-15-11-7-3/h64-66,71H,5-63H2,1-4H3,(H,76,77)(H,78,79)/t64-,65+,66+/m0/s1. The normalized spacial score (nSPS) is 14.0. The van der Waals surface area contributed by atoms with E-state index in [-0.39, 0.29) is 25.7 Å². The van der Waals surface area contributed by atoms with Crippen molar-refractivity contribution in [2.45, 2.75) is 386 Å². The Morgan fingerprint density at radius 2 is 0.449 bits per heavy atom. The van der Waals surface area contributed by atoms with E-state index in [0.29, 0.717) is 25.7 Å². The number of phosphoric acid groups is 2. The SMILES string of the molecule is CCCCCCCCCCCCCCCCCC(=O)O[C@H](COC(=O)CCCCCCCCCCCCCCCC)COP(=O)(O)OC[C@@H](O)COP(=O)(O)OC[C@@H](COC(=O)CCCCCCCCC)OC(=O)CCCCCCCCCCCCCCC. The maximum atomic E-state index is 13.0. The highest BCUT2D eigenvalue weighted by Gasteiger charge is 2.30. The van der Waals surface area contributed by atoms with Crippen LogP contribution in [0.2, 0.25) is 0 Å². The Morgan fingerprint density at radius 3 is 0.663 bits per heavy atom. The maximum Gasteiger partial charge on any atom is 0.472 e. The molecule has 528 valence electrons. The van der Waals surface area contributed by atoms with Crippen molar-refractivity contribution in [2.24, 2.45) is 0 Å². The number of aliphatic hydroxyl groups is 1. The molecule has 0 saturated heterocycles. The van der Waals surface area contributed by atoms with Crippen LogP contribution in [0, 0.1) is 0 Å². The molecule has 3 N–H and O–H groups in total. The first-order valence-electron chi connectivity index (χ1n) is 36.8. The van der Waals surface area contributed by atoms with Crippen LogP contribution in [0.15, 0.2) is 0 Å². The minimum absolute atomic E-state index is 0.108. The molecule has 0 aliphatic heterocycles. The molecule has 0 aromatic heterocycles. The van der Waals surface area contributed by atoms with Crippen LogP contribution in [0.4, 0.5) is 0 Å². The summed E-state index contributed by atoms with van der Waals surface area (Å²) < 4.78 is 68.2. The number of esters is 4. The van der Waals surface area contributed by atoms with Crippen molar-refractivity contribution in [1.82, 2.24) is 0 Å². The van der Waals surface area contributed by atoms with Crippen LogP contribution in [-0.2, 0) is 65.4 Å². The Morgan fingerprint density at radius 1 is 0.270 bits per heavy atom. The van der Waals surface area contributed by atoms with Gasteiger partial charge in [-0.2, -0.15) is 0 Å². The molecule has 19 heteroatoms. The highest BCUT2D eigenvalue weighted by atomic mass is 31.2. The summed E-state index contributed by atoms with van der Waals surface area (Å²) in [7, 11) is -9.89. The first-order valence-corrected chi connectivity index (χ1v) is 39.8. The number of unbranched alkanes of at least 4 members (excludes halogenated alkanes) is 45. The second-order valence-corrected chi connectivity index (χ2v) is 28.2. The van der Waals surface area contributed by atoms with E-state index in [9.17, 15) is 43.2 Å². The molecular formula is C70H136O17P2. The van der Waals surface area contributed by atoms with Gasteiger partial charge in [0, 0.05) is 25.7 Å². The van der Waals surface area contributed by atoms with E-state index in [1.807, 2.05) is 0 Å². The predicted molar refractivity (Wildman–Crippen MR) is 359 cm³/mol. The Balaban J connectivity index is 5.20. The lowest BCUT2D eigenvalue weighted by molar-refractivity contribution is -0.161. The molecule has 17 nitrogen and oxygen atoms in total. The molecule has 0 aliphatic carbocycles. The lowest BCUT2D eigenvalue weighted by Gasteiger charge is -2.21. The molecule has 0 saturated carbocycles. The highest BCUT2D eigenvalue weighted by molar-refractivity contribution is 7.47. The van der Waals surface area contributed by atoms with Crippen LogP contribution < -0.4 is 0 Å². The third-order valence-electron chi connectivity index (χ3n) is 16.4. The Labute approximate surface area is 543 Å².